The Balaban J connectivity index is 1.74. The molecule has 136 valence electrons. The van der Waals surface area contributed by atoms with Gasteiger partial charge in [0.05, 0.1) is 11.8 Å². The Kier molecular flexibility index (Phi) is 5.31. The summed E-state index contributed by atoms with van der Waals surface area (Å²) in [5.41, 5.74) is 2.55. The Morgan fingerprint density at radius 1 is 1.23 bits per heavy atom. The molecule has 2 atom stereocenters. The molecular formula is C22H24O4. The van der Waals surface area contributed by atoms with E-state index in [1.807, 2.05) is 24.3 Å². The van der Waals surface area contributed by atoms with Crippen LogP contribution in [0.5, 0.6) is 11.5 Å². The van der Waals surface area contributed by atoms with Crippen LogP contribution in [0.4, 0.5) is 0 Å². The number of hydrogen-bond acceptors (Lipinski definition) is 4. The number of aryl methyl sites for hydroxylation is 1. The summed E-state index contributed by atoms with van der Waals surface area (Å²) in [6, 6.07) is 13.8. The van der Waals surface area contributed by atoms with Crippen molar-refractivity contribution in [2.45, 2.75) is 45.1 Å². The molecule has 2 N–H and O–H groups in total. The van der Waals surface area contributed by atoms with E-state index in [1.165, 1.54) is 5.56 Å². The highest BCUT2D eigenvalue weighted by Gasteiger charge is 2.32. The average Bonchev–Trinajstić information content (AvgIpc) is 2.62. The third-order valence-electron chi connectivity index (χ3n) is 4.99. The van der Waals surface area contributed by atoms with Crippen molar-refractivity contribution >= 4 is 5.78 Å². The first-order chi connectivity index (χ1) is 12.5. The number of phenolic OH excluding ortho intramolecular Hbond substituents is 1. The molecule has 1 aliphatic rings. The number of Topliss-reactive ketones (excluding diaryl/α,β-unsaturated/α-hetero) is 1. The summed E-state index contributed by atoms with van der Waals surface area (Å²) >= 11 is 0. The second-order valence-corrected chi connectivity index (χ2v) is 6.87. The standard InChI is InChI=1S/C22H24O4/c1-14(7-6-10-16-8-4-3-5-9-16)17-11-19(24)21-20(12-17)26-15(2)18(13-23)22(21)25/h3-5,8-9,11-15,23-24H,6-7,10H2,1-2H3. The fraction of sp³-hybridized carbons (Fsp3) is 0.318. The van der Waals surface area contributed by atoms with Crippen molar-refractivity contribution in [1.29, 1.82) is 0 Å². The number of phenols is 1. The molecule has 0 saturated heterocycles. The van der Waals surface area contributed by atoms with Crippen LogP contribution in [0.25, 0.3) is 0 Å². The number of ketones is 1. The maximum Gasteiger partial charge on any atom is 0.203 e. The molecule has 0 aliphatic carbocycles. The number of hydrogen-bond donors (Lipinski definition) is 2. The lowest BCUT2D eigenvalue weighted by atomic mass is 9.89. The third kappa shape index (κ3) is 3.59. The van der Waals surface area contributed by atoms with Crippen LogP contribution >= 0.6 is 0 Å². The minimum Gasteiger partial charge on any atom is -0.515 e. The largest absolute Gasteiger partial charge is 0.515 e. The first-order valence-corrected chi connectivity index (χ1v) is 8.97. The Labute approximate surface area is 153 Å². The van der Waals surface area contributed by atoms with Crippen LogP contribution in [0.15, 0.2) is 54.3 Å². The third-order valence-corrected chi connectivity index (χ3v) is 4.99. The Bertz CT molecular complexity index is 824. The molecule has 0 saturated carbocycles. The summed E-state index contributed by atoms with van der Waals surface area (Å²) in [4.78, 5) is 12.4. The molecule has 4 heteroatoms. The fourth-order valence-electron chi connectivity index (χ4n) is 3.40. The van der Waals surface area contributed by atoms with Crippen LogP contribution in [0.1, 0.15) is 54.1 Å². The maximum absolute atomic E-state index is 12.4. The van der Waals surface area contributed by atoms with Gasteiger partial charge in [0.15, 0.2) is 0 Å². The van der Waals surface area contributed by atoms with Crippen LogP contribution in [-0.2, 0) is 6.42 Å². The zero-order valence-electron chi connectivity index (χ0n) is 15.1. The van der Waals surface area contributed by atoms with Crippen molar-refractivity contribution in [3.8, 4) is 11.5 Å². The minimum absolute atomic E-state index is 0.0938. The summed E-state index contributed by atoms with van der Waals surface area (Å²) in [7, 11) is 0. The molecule has 0 bridgehead atoms. The van der Waals surface area contributed by atoms with Gasteiger partial charge in [0.2, 0.25) is 5.78 Å². The van der Waals surface area contributed by atoms with E-state index in [0.29, 0.717) is 5.75 Å². The summed E-state index contributed by atoms with van der Waals surface area (Å²) in [5, 5.41) is 19.6. The monoisotopic (exact) mass is 352 g/mol. The normalized spacial score (nSPS) is 19.1. The van der Waals surface area contributed by atoms with Gasteiger partial charge in [-0.3, -0.25) is 4.79 Å². The number of ether oxygens (including phenoxy) is 1. The molecule has 1 aliphatic heterocycles. The molecular weight excluding hydrogens is 328 g/mol. The lowest BCUT2D eigenvalue weighted by molar-refractivity contribution is 0.0960. The van der Waals surface area contributed by atoms with Gasteiger partial charge in [-0.2, -0.15) is 0 Å². The van der Waals surface area contributed by atoms with Crippen molar-refractivity contribution in [3.05, 3.63) is 71.0 Å². The second-order valence-electron chi connectivity index (χ2n) is 6.87. The van der Waals surface area contributed by atoms with Crippen molar-refractivity contribution < 1.29 is 19.7 Å². The molecule has 2 aromatic rings. The van der Waals surface area contributed by atoms with Crippen molar-refractivity contribution in [2.24, 2.45) is 0 Å². The van der Waals surface area contributed by atoms with E-state index < -0.39 is 6.10 Å². The van der Waals surface area contributed by atoms with Crippen molar-refractivity contribution in [3.63, 3.8) is 0 Å². The molecule has 26 heavy (non-hydrogen) atoms. The molecule has 4 nitrogen and oxygen atoms in total. The maximum atomic E-state index is 12.4. The van der Waals surface area contributed by atoms with E-state index in [2.05, 4.69) is 19.1 Å². The summed E-state index contributed by atoms with van der Waals surface area (Å²) in [5.74, 6) is 0.141. The topological polar surface area (TPSA) is 66.8 Å². The smallest absolute Gasteiger partial charge is 0.203 e. The number of aromatic hydroxyl groups is 1. The van der Waals surface area contributed by atoms with Gasteiger partial charge in [-0.1, -0.05) is 37.3 Å². The molecule has 1 heterocycles. The van der Waals surface area contributed by atoms with Gasteiger partial charge in [-0.25, -0.2) is 0 Å². The summed E-state index contributed by atoms with van der Waals surface area (Å²) in [6.07, 6.45) is 3.24. The molecule has 0 fully saturated rings. The van der Waals surface area contributed by atoms with Gasteiger partial charge in [0.1, 0.15) is 23.2 Å². The molecule has 2 unspecified atom stereocenters. The first kappa shape index (κ1) is 18.1. The summed E-state index contributed by atoms with van der Waals surface area (Å²) in [6.45, 7) is 3.81. The van der Waals surface area contributed by atoms with Gasteiger partial charge in [-0.05, 0) is 55.4 Å². The van der Waals surface area contributed by atoms with Gasteiger partial charge in [0, 0.05) is 0 Å². The predicted octanol–water partition coefficient (Wildman–Crippen LogP) is 4.92. The number of benzene rings is 2. The SMILES string of the molecule is CC1Oc2cc(C(C)CCCc3ccccc3)cc(O)c2C(=O)C1=CO. The van der Waals surface area contributed by atoms with Gasteiger partial charge < -0.3 is 14.9 Å². The number of rotatable bonds is 5. The minimum atomic E-state index is -0.539. The molecule has 0 aromatic heterocycles. The Morgan fingerprint density at radius 3 is 2.65 bits per heavy atom. The molecule has 0 radical (unpaired) electrons. The van der Waals surface area contributed by atoms with E-state index in [9.17, 15) is 15.0 Å². The van der Waals surface area contributed by atoms with Crippen LogP contribution in [-0.4, -0.2) is 22.1 Å². The number of aliphatic hydroxyl groups is 1. The molecule has 0 amide bonds. The van der Waals surface area contributed by atoms with Crippen molar-refractivity contribution in [1.82, 2.24) is 0 Å². The summed E-state index contributed by atoms with van der Waals surface area (Å²) < 4.78 is 5.74. The Hall–Kier alpha value is -2.75. The van der Waals surface area contributed by atoms with E-state index in [-0.39, 0.29) is 28.6 Å². The highest BCUT2D eigenvalue weighted by atomic mass is 16.5. The Morgan fingerprint density at radius 2 is 1.96 bits per heavy atom. The van der Waals surface area contributed by atoms with Crippen LogP contribution < -0.4 is 4.74 Å². The number of carbonyl (C=O) groups is 1. The fourth-order valence-corrected chi connectivity index (χ4v) is 3.40. The van der Waals surface area contributed by atoms with Gasteiger partial charge >= 0.3 is 0 Å². The van der Waals surface area contributed by atoms with Crippen LogP contribution in [0.3, 0.4) is 0 Å². The predicted molar refractivity (Wildman–Crippen MR) is 101 cm³/mol. The lowest BCUT2D eigenvalue weighted by Gasteiger charge is -2.26. The lowest BCUT2D eigenvalue weighted by Crippen LogP contribution is -2.28. The van der Waals surface area contributed by atoms with Crippen LogP contribution in [0.2, 0.25) is 0 Å². The highest BCUT2D eigenvalue weighted by molar-refractivity contribution is 6.13. The van der Waals surface area contributed by atoms with Gasteiger partial charge in [-0.15, -0.1) is 0 Å². The second kappa shape index (κ2) is 7.65. The first-order valence-electron chi connectivity index (χ1n) is 8.97. The average molecular weight is 352 g/mol. The molecule has 2 aromatic carbocycles. The van der Waals surface area contributed by atoms with Crippen molar-refractivity contribution in [2.75, 3.05) is 0 Å². The quantitative estimate of drug-likeness (QED) is 0.592. The van der Waals surface area contributed by atoms with E-state index in [0.717, 1.165) is 31.1 Å². The number of aliphatic hydroxyl groups excluding tert-OH is 1. The number of fused-ring (bicyclic) bond motifs is 1. The number of carbonyl (C=O) groups excluding carboxylic acids is 1. The van der Waals surface area contributed by atoms with E-state index >= 15 is 0 Å². The molecule has 0 spiro atoms. The zero-order valence-corrected chi connectivity index (χ0v) is 15.1. The van der Waals surface area contributed by atoms with Gasteiger partial charge in [0.25, 0.3) is 0 Å². The molecule has 3 rings (SSSR count). The zero-order chi connectivity index (χ0) is 18.7. The highest BCUT2D eigenvalue weighted by Crippen LogP contribution is 2.39. The van der Waals surface area contributed by atoms with E-state index in [4.69, 9.17) is 4.74 Å². The van der Waals surface area contributed by atoms with E-state index in [1.54, 1.807) is 13.0 Å². The van der Waals surface area contributed by atoms with Crippen LogP contribution in [0, 0.1) is 0 Å².